The van der Waals surface area contributed by atoms with Crippen molar-refractivity contribution in [2.24, 2.45) is 0 Å². The highest BCUT2D eigenvalue weighted by atomic mass is 35.5. The molecule has 8 heteroatoms. The van der Waals surface area contributed by atoms with E-state index in [1.54, 1.807) is 41.9 Å². The van der Waals surface area contributed by atoms with E-state index < -0.39 is 0 Å². The van der Waals surface area contributed by atoms with Gasteiger partial charge < -0.3 is 9.47 Å². The molecule has 1 heterocycles. The molecule has 32 heavy (non-hydrogen) atoms. The first kappa shape index (κ1) is 22.1. The maximum Gasteiger partial charge on any atom is 0.257 e. The summed E-state index contributed by atoms with van der Waals surface area (Å²) in [6.45, 7) is 0.502. The van der Waals surface area contributed by atoms with Crippen molar-refractivity contribution in [3.63, 3.8) is 0 Å². The van der Waals surface area contributed by atoms with Crippen LogP contribution in [0.5, 0.6) is 11.5 Å². The Balaban J connectivity index is 1.56. The Morgan fingerprint density at radius 2 is 1.44 bits per heavy atom. The molecule has 3 aromatic carbocycles. The van der Waals surface area contributed by atoms with Gasteiger partial charge in [-0.1, -0.05) is 59.6 Å². The molecule has 0 bridgehead atoms. The molecule has 5 nitrogen and oxygen atoms in total. The van der Waals surface area contributed by atoms with Crippen LogP contribution in [-0.4, -0.2) is 10.9 Å². The third-order valence-electron chi connectivity index (χ3n) is 4.50. The zero-order valence-corrected chi connectivity index (χ0v) is 19.1. The van der Waals surface area contributed by atoms with Gasteiger partial charge in [-0.2, -0.15) is 0 Å². The third kappa shape index (κ3) is 5.79. The molecule has 0 atom stereocenters. The van der Waals surface area contributed by atoms with Gasteiger partial charge in [0.1, 0.15) is 24.7 Å². The number of ether oxygens (including phenoxy) is 2. The number of aromatic nitrogens is 1. The van der Waals surface area contributed by atoms with Crippen LogP contribution in [0, 0.1) is 0 Å². The molecule has 0 saturated carbocycles. The number of nitrogens with one attached hydrogen (secondary N) is 1. The van der Waals surface area contributed by atoms with E-state index in [0.29, 0.717) is 32.2 Å². The summed E-state index contributed by atoms with van der Waals surface area (Å²) in [5.74, 6) is 0.641. The van der Waals surface area contributed by atoms with Crippen molar-refractivity contribution < 1.29 is 14.3 Å². The number of rotatable bonds is 8. The highest BCUT2D eigenvalue weighted by molar-refractivity contribution is 7.13. The smallest absolute Gasteiger partial charge is 0.257 e. The Labute approximate surface area is 199 Å². The van der Waals surface area contributed by atoms with Gasteiger partial charge in [0.2, 0.25) is 0 Å². The van der Waals surface area contributed by atoms with Gasteiger partial charge in [-0.05, 0) is 24.3 Å². The van der Waals surface area contributed by atoms with Crippen molar-refractivity contribution in [2.75, 3.05) is 5.32 Å². The summed E-state index contributed by atoms with van der Waals surface area (Å²) >= 11 is 13.8. The van der Waals surface area contributed by atoms with E-state index in [0.717, 1.165) is 11.1 Å². The fourth-order valence-corrected chi connectivity index (χ4v) is 3.78. The van der Waals surface area contributed by atoms with Crippen LogP contribution in [0.15, 0.2) is 78.3 Å². The van der Waals surface area contributed by atoms with E-state index in [-0.39, 0.29) is 19.1 Å². The summed E-state index contributed by atoms with van der Waals surface area (Å²) in [4.78, 5) is 16.9. The normalized spacial score (nSPS) is 10.6. The van der Waals surface area contributed by atoms with E-state index in [1.165, 1.54) is 11.3 Å². The lowest BCUT2D eigenvalue weighted by molar-refractivity contribution is 0.102. The first-order valence-corrected chi connectivity index (χ1v) is 11.3. The Kier molecular flexibility index (Phi) is 7.27. The zero-order chi connectivity index (χ0) is 22.3. The van der Waals surface area contributed by atoms with E-state index in [2.05, 4.69) is 10.3 Å². The molecule has 0 aliphatic rings. The minimum absolute atomic E-state index is 0.251. The van der Waals surface area contributed by atoms with Crippen LogP contribution < -0.4 is 14.8 Å². The summed E-state index contributed by atoms with van der Waals surface area (Å²) in [7, 11) is 0. The average molecular weight is 485 g/mol. The van der Waals surface area contributed by atoms with Crippen LogP contribution in [0.25, 0.3) is 0 Å². The lowest BCUT2D eigenvalue weighted by atomic mass is 10.2. The van der Waals surface area contributed by atoms with Crippen molar-refractivity contribution >= 4 is 45.6 Å². The predicted octanol–water partition coefficient (Wildman–Crippen LogP) is 6.86. The quantitative estimate of drug-likeness (QED) is 0.296. The minimum Gasteiger partial charge on any atom is -0.489 e. The number of thiazole rings is 1. The van der Waals surface area contributed by atoms with E-state index >= 15 is 0 Å². The van der Waals surface area contributed by atoms with Gasteiger partial charge in [-0.15, -0.1) is 11.3 Å². The molecule has 0 aliphatic heterocycles. The number of carbonyl (C=O) groups is 1. The predicted molar refractivity (Wildman–Crippen MR) is 128 cm³/mol. The van der Waals surface area contributed by atoms with Crippen LogP contribution in [0.4, 0.5) is 5.13 Å². The number of amides is 1. The second kappa shape index (κ2) is 10.5. The molecule has 1 aromatic heterocycles. The fourth-order valence-electron chi connectivity index (χ4n) is 2.88. The van der Waals surface area contributed by atoms with Gasteiger partial charge in [0.05, 0.1) is 0 Å². The standard InChI is InChI=1S/C24H18Cl2N2O3S/c25-21-7-3-1-5-16(21)14-30-19-11-18(23(29)28-24-27-9-10-32-24)12-20(13-19)31-15-17-6-2-4-8-22(17)26/h1-13H,14-15H2,(H,27,28,29). The number of hydrogen-bond acceptors (Lipinski definition) is 5. The molecule has 162 valence electrons. The zero-order valence-electron chi connectivity index (χ0n) is 16.8. The van der Waals surface area contributed by atoms with Gasteiger partial charge in [-0.25, -0.2) is 4.98 Å². The summed E-state index contributed by atoms with van der Waals surface area (Å²) in [5.41, 5.74) is 2.06. The molecule has 0 saturated heterocycles. The molecule has 4 aromatic rings. The Hall–Kier alpha value is -3.06. The molecule has 0 unspecified atom stereocenters. The maximum atomic E-state index is 12.8. The Morgan fingerprint density at radius 1 is 0.875 bits per heavy atom. The number of nitrogens with zero attached hydrogens (tertiary/aromatic N) is 1. The molecule has 1 N–H and O–H groups in total. The van der Waals surface area contributed by atoms with Crippen molar-refractivity contribution in [3.05, 3.63) is 105 Å². The van der Waals surface area contributed by atoms with E-state index in [4.69, 9.17) is 32.7 Å². The highest BCUT2D eigenvalue weighted by Gasteiger charge is 2.13. The van der Waals surface area contributed by atoms with Gasteiger partial charge in [0, 0.05) is 44.4 Å². The molecular weight excluding hydrogens is 467 g/mol. The highest BCUT2D eigenvalue weighted by Crippen LogP contribution is 2.27. The van der Waals surface area contributed by atoms with Crippen LogP contribution in [0.3, 0.4) is 0 Å². The van der Waals surface area contributed by atoms with Crippen molar-refractivity contribution in [2.45, 2.75) is 13.2 Å². The van der Waals surface area contributed by atoms with Gasteiger partial charge in [0.25, 0.3) is 5.91 Å². The average Bonchev–Trinajstić information content (AvgIpc) is 3.31. The monoisotopic (exact) mass is 484 g/mol. The van der Waals surface area contributed by atoms with Gasteiger partial charge >= 0.3 is 0 Å². The van der Waals surface area contributed by atoms with Gasteiger partial charge in [0.15, 0.2) is 5.13 Å². The number of hydrogen-bond donors (Lipinski definition) is 1. The lowest BCUT2D eigenvalue weighted by Crippen LogP contribution is -2.12. The third-order valence-corrected chi connectivity index (χ3v) is 5.93. The Bertz CT molecular complexity index is 1150. The molecule has 4 rings (SSSR count). The van der Waals surface area contributed by atoms with Crippen molar-refractivity contribution in [3.8, 4) is 11.5 Å². The number of halogens is 2. The SMILES string of the molecule is O=C(Nc1nccs1)c1cc(OCc2ccccc2Cl)cc(OCc2ccccc2Cl)c1. The number of benzene rings is 3. The van der Waals surface area contributed by atoms with Crippen LogP contribution in [0.2, 0.25) is 10.0 Å². The molecule has 0 spiro atoms. The van der Waals surface area contributed by atoms with Gasteiger partial charge in [-0.3, -0.25) is 10.1 Å². The number of anilines is 1. The maximum absolute atomic E-state index is 12.8. The number of carbonyl (C=O) groups excluding carboxylic acids is 1. The van der Waals surface area contributed by atoms with Crippen LogP contribution in [-0.2, 0) is 13.2 Å². The lowest BCUT2D eigenvalue weighted by Gasteiger charge is -2.13. The van der Waals surface area contributed by atoms with Crippen LogP contribution in [0.1, 0.15) is 21.5 Å². The summed E-state index contributed by atoms with van der Waals surface area (Å²) in [6.07, 6.45) is 1.63. The van der Waals surface area contributed by atoms with Crippen molar-refractivity contribution in [1.82, 2.24) is 4.98 Å². The van der Waals surface area contributed by atoms with E-state index in [9.17, 15) is 4.79 Å². The minimum atomic E-state index is -0.314. The van der Waals surface area contributed by atoms with Crippen molar-refractivity contribution in [1.29, 1.82) is 0 Å². The second-order valence-electron chi connectivity index (χ2n) is 6.74. The molecule has 0 radical (unpaired) electrons. The first-order chi connectivity index (χ1) is 15.6. The largest absolute Gasteiger partial charge is 0.489 e. The Morgan fingerprint density at radius 3 is 1.94 bits per heavy atom. The summed E-state index contributed by atoms with van der Waals surface area (Å²) in [5, 5.41) is 6.30. The first-order valence-electron chi connectivity index (χ1n) is 9.67. The molecular formula is C24H18Cl2N2O3S. The molecule has 0 fully saturated rings. The summed E-state index contributed by atoms with van der Waals surface area (Å²) in [6, 6.07) is 19.9. The van der Waals surface area contributed by atoms with Crippen LogP contribution >= 0.6 is 34.5 Å². The summed E-state index contributed by atoms with van der Waals surface area (Å²) < 4.78 is 11.9. The second-order valence-corrected chi connectivity index (χ2v) is 8.45. The molecule has 1 amide bonds. The molecule has 0 aliphatic carbocycles. The van der Waals surface area contributed by atoms with E-state index in [1.807, 2.05) is 36.4 Å². The fraction of sp³-hybridized carbons (Fsp3) is 0.0833. The topological polar surface area (TPSA) is 60.5 Å².